The molecule has 4 nitrogen and oxygen atoms in total. The van der Waals surface area contributed by atoms with Gasteiger partial charge in [-0.2, -0.15) is 0 Å². The second-order valence-corrected chi connectivity index (χ2v) is 6.18. The molecule has 0 aliphatic carbocycles. The highest BCUT2D eigenvalue weighted by atomic mass is 16.5. The van der Waals surface area contributed by atoms with Crippen molar-refractivity contribution in [1.82, 2.24) is 9.97 Å². The minimum absolute atomic E-state index is 0.0267. The fourth-order valence-corrected chi connectivity index (χ4v) is 2.12. The van der Waals surface area contributed by atoms with Gasteiger partial charge in [-0.25, -0.2) is 9.97 Å². The number of hydrogen-bond donors (Lipinski definition) is 1. The zero-order valence-corrected chi connectivity index (χ0v) is 12.5. The second-order valence-electron chi connectivity index (χ2n) is 6.18. The Bertz CT molecular complexity index is 420. The molecule has 0 saturated carbocycles. The monoisotopic (exact) mass is 263 g/mol. The largest absolute Gasteiger partial charge is 0.370 e. The van der Waals surface area contributed by atoms with E-state index in [-0.39, 0.29) is 11.5 Å². The van der Waals surface area contributed by atoms with E-state index in [9.17, 15) is 0 Å². The van der Waals surface area contributed by atoms with Crippen LogP contribution in [0.15, 0.2) is 6.07 Å². The molecular weight excluding hydrogens is 238 g/mol. The van der Waals surface area contributed by atoms with Crippen LogP contribution in [-0.4, -0.2) is 23.1 Å². The van der Waals surface area contributed by atoms with Gasteiger partial charge in [-0.15, -0.1) is 0 Å². The third kappa shape index (κ3) is 3.66. The summed E-state index contributed by atoms with van der Waals surface area (Å²) < 4.78 is 5.71. The van der Waals surface area contributed by atoms with E-state index >= 15 is 0 Å². The maximum Gasteiger partial charge on any atom is 0.159 e. The fourth-order valence-electron chi connectivity index (χ4n) is 2.12. The van der Waals surface area contributed by atoms with Crippen molar-refractivity contribution < 1.29 is 4.74 Å². The van der Waals surface area contributed by atoms with Crippen molar-refractivity contribution in [2.45, 2.75) is 58.5 Å². The molecule has 2 rings (SSSR count). The van der Waals surface area contributed by atoms with Crippen LogP contribution in [0.25, 0.3) is 0 Å². The summed E-state index contributed by atoms with van der Waals surface area (Å²) in [6, 6.07) is 2.06. The zero-order valence-electron chi connectivity index (χ0n) is 12.5. The Labute approximate surface area is 116 Å². The molecule has 0 radical (unpaired) electrons. The van der Waals surface area contributed by atoms with Gasteiger partial charge in [0.15, 0.2) is 5.82 Å². The Balaban J connectivity index is 2.30. The average molecular weight is 263 g/mol. The highest BCUT2D eigenvalue weighted by molar-refractivity contribution is 5.38. The molecule has 1 aromatic heterocycles. The lowest BCUT2D eigenvalue weighted by Gasteiger charge is -2.21. The lowest BCUT2D eigenvalue weighted by atomic mass is 9.92. The molecule has 106 valence electrons. The van der Waals surface area contributed by atoms with Crippen LogP contribution in [0, 0.1) is 0 Å². The maximum absolute atomic E-state index is 5.71. The summed E-state index contributed by atoms with van der Waals surface area (Å²) in [6.45, 7) is 10.4. The van der Waals surface area contributed by atoms with Crippen molar-refractivity contribution in [3.63, 3.8) is 0 Å². The van der Waals surface area contributed by atoms with Crippen LogP contribution in [0.1, 0.15) is 64.6 Å². The molecule has 1 aromatic rings. The summed E-state index contributed by atoms with van der Waals surface area (Å²) in [7, 11) is 0. The van der Waals surface area contributed by atoms with Gasteiger partial charge in [-0.3, -0.25) is 0 Å². The third-order valence-electron chi connectivity index (χ3n) is 3.29. The number of nitrogens with zero attached hydrogens (tertiary/aromatic N) is 2. The van der Waals surface area contributed by atoms with Gasteiger partial charge in [0.2, 0.25) is 0 Å². The van der Waals surface area contributed by atoms with Crippen LogP contribution in [0.4, 0.5) is 5.82 Å². The molecule has 0 bridgehead atoms. The smallest absolute Gasteiger partial charge is 0.159 e. The van der Waals surface area contributed by atoms with Crippen molar-refractivity contribution in [2.24, 2.45) is 0 Å². The Morgan fingerprint density at radius 2 is 2.16 bits per heavy atom. The Morgan fingerprint density at radius 3 is 2.74 bits per heavy atom. The van der Waals surface area contributed by atoms with Crippen molar-refractivity contribution >= 4 is 5.82 Å². The van der Waals surface area contributed by atoms with Crippen molar-refractivity contribution in [1.29, 1.82) is 0 Å². The molecule has 19 heavy (non-hydrogen) atoms. The highest BCUT2D eigenvalue weighted by Crippen LogP contribution is 2.29. The number of rotatable bonds is 4. The summed E-state index contributed by atoms with van der Waals surface area (Å²) in [4.78, 5) is 9.34. The number of anilines is 1. The molecule has 0 aromatic carbocycles. The van der Waals surface area contributed by atoms with E-state index < -0.39 is 0 Å². The molecule has 1 aliphatic rings. The summed E-state index contributed by atoms with van der Waals surface area (Å²) in [6.07, 6.45) is 3.29. The minimum atomic E-state index is 0.0267. The molecule has 4 heteroatoms. The van der Waals surface area contributed by atoms with Gasteiger partial charge < -0.3 is 10.1 Å². The Kier molecular flexibility index (Phi) is 4.40. The van der Waals surface area contributed by atoms with Crippen LogP contribution in [-0.2, 0) is 10.2 Å². The predicted octanol–water partition coefficient (Wildman–Crippen LogP) is 3.45. The molecule has 1 N–H and O–H groups in total. The summed E-state index contributed by atoms with van der Waals surface area (Å²) >= 11 is 0. The molecule has 1 fully saturated rings. The first kappa shape index (κ1) is 14.3. The van der Waals surface area contributed by atoms with Crippen LogP contribution in [0.2, 0.25) is 0 Å². The van der Waals surface area contributed by atoms with Gasteiger partial charge >= 0.3 is 0 Å². The van der Waals surface area contributed by atoms with Gasteiger partial charge in [0.25, 0.3) is 0 Å². The van der Waals surface area contributed by atoms with Gasteiger partial charge in [0.05, 0.1) is 5.69 Å². The lowest BCUT2D eigenvalue weighted by Crippen LogP contribution is -2.18. The van der Waals surface area contributed by atoms with Gasteiger partial charge in [0, 0.05) is 24.6 Å². The van der Waals surface area contributed by atoms with E-state index in [1.54, 1.807) is 0 Å². The molecule has 1 atom stereocenters. The van der Waals surface area contributed by atoms with E-state index in [0.29, 0.717) is 0 Å². The molecule has 1 aliphatic heterocycles. The van der Waals surface area contributed by atoms with E-state index in [4.69, 9.17) is 9.72 Å². The normalized spacial score (nSPS) is 19.7. The molecule has 1 saturated heterocycles. The Hall–Kier alpha value is -1.16. The molecule has 0 spiro atoms. The SMILES string of the molecule is CCCNc1cc(C(C)(C)C)nc(C2CCCO2)n1. The van der Waals surface area contributed by atoms with E-state index in [0.717, 1.165) is 49.8 Å². The van der Waals surface area contributed by atoms with Crippen LogP contribution < -0.4 is 5.32 Å². The number of hydrogen-bond acceptors (Lipinski definition) is 4. The topological polar surface area (TPSA) is 47.0 Å². The summed E-state index contributed by atoms with van der Waals surface area (Å²) in [5, 5.41) is 3.36. The van der Waals surface area contributed by atoms with E-state index in [1.807, 2.05) is 0 Å². The summed E-state index contributed by atoms with van der Waals surface area (Å²) in [5.41, 5.74) is 1.10. The first-order valence-corrected chi connectivity index (χ1v) is 7.25. The number of nitrogens with one attached hydrogen (secondary N) is 1. The van der Waals surface area contributed by atoms with Crippen LogP contribution >= 0.6 is 0 Å². The van der Waals surface area contributed by atoms with E-state index in [2.05, 4.69) is 44.1 Å². The first-order valence-electron chi connectivity index (χ1n) is 7.25. The average Bonchev–Trinajstić information content (AvgIpc) is 2.89. The van der Waals surface area contributed by atoms with Gasteiger partial charge in [-0.05, 0) is 19.3 Å². The van der Waals surface area contributed by atoms with Crippen molar-refractivity contribution in [3.05, 3.63) is 17.6 Å². The number of aromatic nitrogens is 2. The fraction of sp³-hybridized carbons (Fsp3) is 0.733. The Morgan fingerprint density at radius 1 is 1.37 bits per heavy atom. The first-order chi connectivity index (χ1) is 9.00. The lowest BCUT2D eigenvalue weighted by molar-refractivity contribution is 0.105. The summed E-state index contributed by atoms with van der Waals surface area (Å²) in [5.74, 6) is 1.76. The van der Waals surface area contributed by atoms with Gasteiger partial charge in [-0.1, -0.05) is 27.7 Å². The van der Waals surface area contributed by atoms with Crippen LogP contribution in [0.5, 0.6) is 0 Å². The molecule has 1 unspecified atom stereocenters. The molecule has 0 amide bonds. The van der Waals surface area contributed by atoms with Crippen LogP contribution in [0.3, 0.4) is 0 Å². The minimum Gasteiger partial charge on any atom is -0.370 e. The number of ether oxygens (including phenoxy) is 1. The standard InChI is InChI=1S/C15H25N3O/c1-5-8-16-13-10-12(15(2,3)4)17-14(18-13)11-7-6-9-19-11/h10-11H,5-9H2,1-4H3,(H,16,17,18). The zero-order chi connectivity index (χ0) is 13.9. The maximum atomic E-state index is 5.71. The van der Waals surface area contributed by atoms with Crippen molar-refractivity contribution in [2.75, 3.05) is 18.5 Å². The third-order valence-corrected chi connectivity index (χ3v) is 3.29. The quantitative estimate of drug-likeness (QED) is 0.904. The molecule has 2 heterocycles. The molecular formula is C15H25N3O. The van der Waals surface area contributed by atoms with Gasteiger partial charge in [0.1, 0.15) is 11.9 Å². The second kappa shape index (κ2) is 5.87. The predicted molar refractivity (Wildman–Crippen MR) is 77.4 cm³/mol. The highest BCUT2D eigenvalue weighted by Gasteiger charge is 2.24. The van der Waals surface area contributed by atoms with E-state index in [1.165, 1.54) is 0 Å². The van der Waals surface area contributed by atoms with Crippen molar-refractivity contribution in [3.8, 4) is 0 Å².